The van der Waals surface area contributed by atoms with Crippen LogP contribution in [0.2, 0.25) is 5.02 Å². The van der Waals surface area contributed by atoms with Crippen LogP contribution >= 0.6 is 11.6 Å². The van der Waals surface area contributed by atoms with Crippen molar-refractivity contribution < 1.29 is 9.13 Å². The van der Waals surface area contributed by atoms with E-state index in [9.17, 15) is 4.39 Å². The van der Waals surface area contributed by atoms with E-state index in [0.29, 0.717) is 16.3 Å². The summed E-state index contributed by atoms with van der Waals surface area (Å²) < 4.78 is 19.2. The molecule has 0 fully saturated rings. The van der Waals surface area contributed by atoms with Gasteiger partial charge in [0.2, 0.25) is 0 Å². The molecule has 0 aliphatic heterocycles. The normalized spacial score (nSPS) is 12.2. The minimum Gasteiger partial charge on any atom is -0.495 e. The Kier molecular flexibility index (Phi) is 4.99. The summed E-state index contributed by atoms with van der Waals surface area (Å²) in [5.74, 6) is 0.357. The smallest absolute Gasteiger partial charge is 0.137 e. The standard InChI is InChI=1S/C16H17ClFNO/c1-3-19-16(12-6-4-5-7-14(12)18)11-8-9-13(17)15(10-11)20-2/h4-10,16,19H,3H2,1-2H3. The quantitative estimate of drug-likeness (QED) is 0.892. The molecule has 0 heterocycles. The molecule has 106 valence electrons. The fraction of sp³-hybridized carbons (Fsp3) is 0.250. The molecule has 0 saturated heterocycles. The van der Waals surface area contributed by atoms with Gasteiger partial charge in [0, 0.05) is 5.56 Å². The first-order valence-electron chi connectivity index (χ1n) is 6.48. The highest BCUT2D eigenvalue weighted by Crippen LogP contribution is 2.31. The van der Waals surface area contributed by atoms with Crippen LogP contribution in [0.25, 0.3) is 0 Å². The molecule has 0 bridgehead atoms. The fourth-order valence-electron chi connectivity index (χ4n) is 2.18. The molecule has 1 unspecified atom stereocenters. The van der Waals surface area contributed by atoms with Crippen LogP contribution in [0, 0.1) is 5.82 Å². The fourth-order valence-corrected chi connectivity index (χ4v) is 2.37. The van der Waals surface area contributed by atoms with E-state index < -0.39 is 0 Å². The number of nitrogens with one attached hydrogen (secondary N) is 1. The first-order chi connectivity index (χ1) is 9.67. The van der Waals surface area contributed by atoms with E-state index in [2.05, 4.69) is 5.32 Å². The molecule has 0 radical (unpaired) electrons. The highest BCUT2D eigenvalue weighted by molar-refractivity contribution is 6.32. The van der Waals surface area contributed by atoms with Gasteiger partial charge in [-0.25, -0.2) is 4.39 Å². The molecule has 1 atom stereocenters. The summed E-state index contributed by atoms with van der Waals surface area (Å²) in [6, 6.07) is 12.0. The second kappa shape index (κ2) is 6.73. The molecular formula is C16H17ClFNO. The summed E-state index contributed by atoms with van der Waals surface area (Å²) in [6.07, 6.45) is 0. The Morgan fingerprint density at radius 3 is 2.65 bits per heavy atom. The van der Waals surface area contributed by atoms with Gasteiger partial charge in [0.25, 0.3) is 0 Å². The number of rotatable bonds is 5. The number of methoxy groups -OCH3 is 1. The Balaban J connectivity index is 2.46. The molecule has 0 aliphatic rings. The second-order valence-electron chi connectivity index (χ2n) is 4.41. The molecule has 2 aromatic rings. The molecule has 20 heavy (non-hydrogen) atoms. The SMILES string of the molecule is CCNC(c1ccc(Cl)c(OC)c1)c1ccccc1F. The first-order valence-corrected chi connectivity index (χ1v) is 6.86. The van der Waals surface area contributed by atoms with Gasteiger partial charge in [-0.1, -0.05) is 42.8 Å². The molecule has 2 rings (SSSR count). The van der Waals surface area contributed by atoms with Crippen LogP contribution in [0.1, 0.15) is 24.1 Å². The lowest BCUT2D eigenvalue weighted by atomic mass is 9.98. The third-order valence-corrected chi connectivity index (χ3v) is 3.45. The van der Waals surface area contributed by atoms with E-state index in [1.165, 1.54) is 6.07 Å². The Hall–Kier alpha value is -1.58. The Labute approximate surface area is 123 Å². The van der Waals surface area contributed by atoms with Gasteiger partial charge in [0.05, 0.1) is 18.2 Å². The molecule has 1 N–H and O–H groups in total. The van der Waals surface area contributed by atoms with Crippen LogP contribution < -0.4 is 10.1 Å². The minimum absolute atomic E-state index is 0.229. The van der Waals surface area contributed by atoms with Gasteiger partial charge in [0.15, 0.2) is 0 Å². The van der Waals surface area contributed by atoms with Crippen molar-refractivity contribution in [3.8, 4) is 5.75 Å². The second-order valence-corrected chi connectivity index (χ2v) is 4.81. The summed E-state index contributed by atoms with van der Waals surface area (Å²) in [7, 11) is 1.57. The molecule has 0 aliphatic carbocycles. The van der Waals surface area contributed by atoms with E-state index in [-0.39, 0.29) is 11.9 Å². The van der Waals surface area contributed by atoms with Crippen molar-refractivity contribution in [1.29, 1.82) is 0 Å². The van der Waals surface area contributed by atoms with Crippen molar-refractivity contribution in [2.24, 2.45) is 0 Å². The van der Waals surface area contributed by atoms with Crippen molar-refractivity contribution in [2.45, 2.75) is 13.0 Å². The van der Waals surface area contributed by atoms with Gasteiger partial charge >= 0.3 is 0 Å². The monoisotopic (exact) mass is 293 g/mol. The molecule has 0 saturated carbocycles. The molecule has 4 heteroatoms. The average Bonchev–Trinajstić information content (AvgIpc) is 2.46. The van der Waals surface area contributed by atoms with Gasteiger partial charge in [0.1, 0.15) is 11.6 Å². The van der Waals surface area contributed by atoms with Gasteiger partial charge in [-0.2, -0.15) is 0 Å². The highest BCUT2D eigenvalue weighted by Gasteiger charge is 2.17. The number of hydrogen-bond acceptors (Lipinski definition) is 2. The number of halogens is 2. The lowest BCUT2D eigenvalue weighted by molar-refractivity contribution is 0.413. The van der Waals surface area contributed by atoms with Crippen LogP contribution in [-0.2, 0) is 0 Å². The van der Waals surface area contributed by atoms with Crippen LogP contribution in [0.15, 0.2) is 42.5 Å². The molecule has 2 nitrogen and oxygen atoms in total. The summed E-state index contributed by atoms with van der Waals surface area (Å²) >= 11 is 6.04. The van der Waals surface area contributed by atoms with Gasteiger partial charge in [-0.3, -0.25) is 0 Å². The van der Waals surface area contributed by atoms with Crippen molar-refractivity contribution in [2.75, 3.05) is 13.7 Å². The number of ether oxygens (including phenoxy) is 1. The summed E-state index contributed by atoms with van der Waals surface area (Å²) in [5, 5.41) is 3.83. The van der Waals surface area contributed by atoms with Gasteiger partial charge < -0.3 is 10.1 Å². The molecular weight excluding hydrogens is 277 g/mol. The predicted octanol–water partition coefficient (Wildman–Crippen LogP) is 4.19. The van der Waals surface area contributed by atoms with Crippen molar-refractivity contribution in [3.05, 3.63) is 64.4 Å². The number of hydrogen-bond donors (Lipinski definition) is 1. The van der Waals surface area contributed by atoms with E-state index >= 15 is 0 Å². The van der Waals surface area contributed by atoms with E-state index in [1.807, 2.05) is 25.1 Å². The zero-order valence-corrected chi connectivity index (χ0v) is 12.2. The third-order valence-electron chi connectivity index (χ3n) is 3.13. The largest absolute Gasteiger partial charge is 0.495 e. The van der Waals surface area contributed by atoms with Crippen LogP contribution in [0.3, 0.4) is 0 Å². The van der Waals surface area contributed by atoms with Crippen LogP contribution in [0.5, 0.6) is 5.75 Å². The molecule has 2 aromatic carbocycles. The summed E-state index contributed by atoms with van der Waals surface area (Å²) in [6.45, 7) is 2.71. The maximum Gasteiger partial charge on any atom is 0.137 e. The molecule has 0 spiro atoms. The van der Waals surface area contributed by atoms with E-state index in [4.69, 9.17) is 16.3 Å². The third kappa shape index (κ3) is 3.11. The summed E-state index contributed by atoms with van der Waals surface area (Å²) in [4.78, 5) is 0. The Bertz CT molecular complexity index is 588. The van der Waals surface area contributed by atoms with Crippen molar-refractivity contribution >= 4 is 11.6 Å². The zero-order chi connectivity index (χ0) is 14.5. The average molecular weight is 294 g/mol. The Morgan fingerprint density at radius 1 is 1.25 bits per heavy atom. The maximum absolute atomic E-state index is 14.0. The molecule has 0 aromatic heterocycles. The lowest BCUT2D eigenvalue weighted by Crippen LogP contribution is -2.23. The van der Waals surface area contributed by atoms with Crippen LogP contribution in [-0.4, -0.2) is 13.7 Å². The predicted molar refractivity (Wildman–Crippen MR) is 79.9 cm³/mol. The van der Waals surface area contributed by atoms with Crippen molar-refractivity contribution in [1.82, 2.24) is 5.32 Å². The number of benzene rings is 2. The molecule has 0 amide bonds. The van der Waals surface area contributed by atoms with Gasteiger partial charge in [-0.15, -0.1) is 0 Å². The van der Waals surface area contributed by atoms with E-state index in [0.717, 1.165) is 12.1 Å². The van der Waals surface area contributed by atoms with E-state index in [1.54, 1.807) is 25.3 Å². The lowest BCUT2D eigenvalue weighted by Gasteiger charge is -2.20. The summed E-state index contributed by atoms with van der Waals surface area (Å²) in [5.41, 5.74) is 1.52. The Morgan fingerprint density at radius 2 is 2.00 bits per heavy atom. The van der Waals surface area contributed by atoms with Crippen molar-refractivity contribution in [3.63, 3.8) is 0 Å². The zero-order valence-electron chi connectivity index (χ0n) is 11.5. The topological polar surface area (TPSA) is 21.3 Å². The first kappa shape index (κ1) is 14.8. The maximum atomic E-state index is 14.0. The minimum atomic E-state index is -0.229. The van der Waals surface area contributed by atoms with Gasteiger partial charge in [-0.05, 0) is 30.3 Å². The highest BCUT2D eigenvalue weighted by atomic mass is 35.5. The van der Waals surface area contributed by atoms with Crippen LogP contribution in [0.4, 0.5) is 4.39 Å².